The molecule has 0 amide bonds. The molecule has 0 radical (unpaired) electrons. The van der Waals surface area contributed by atoms with Crippen LogP contribution >= 0.6 is 0 Å². The van der Waals surface area contributed by atoms with Gasteiger partial charge in [-0.1, -0.05) is 0 Å². The van der Waals surface area contributed by atoms with Gasteiger partial charge in [0.1, 0.15) is 5.75 Å². The Hall–Kier alpha value is -1.75. The molecule has 0 aliphatic rings. The summed E-state index contributed by atoms with van der Waals surface area (Å²) in [5.41, 5.74) is 6.12. The van der Waals surface area contributed by atoms with Crippen LogP contribution < -0.4 is 10.5 Å². The fourth-order valence-electron chi connectivity index (χ4n) is 0.981. The zero-order valence-electron chi connectivity index (χ0n) is 8.40. The summed E-state index contributed by atoms with van der Waals surface area (Å²) < 4.78 is 10.1. The maximum absolute atomic E-state index is 10.7. The Morgan fingerprint density at radius 3 is 2.87 bits per heavy atom. The molecule has 1 aromatic carbocycles. The first-order valence-electron chi connectivity index (χ1n) is 4.48. The molecule has 5 nitrogen and oxygen atoms in total. The minimum Gasteiger partial charge on any atom is -0.478 e. The molecule has 0 unspecified atom stereocenters. The Labute approximate surface area is 87.4 Å². The topological polar surface area (TPSA) is 81.8 Å². The van der Waals surface area contributed by atoms with Crippen molar-refractivity contribution in [1.29, 1.82) is 0 Å². The Kier molecular flexibility index (Phi) is 3.93. The molecule has 0 saturated carbocycles. The Morgan fingerprint density at radius 1 is 1.53 bits per heavy atom. The molecule has 1 aromatic rings. The van der Waals surface area contributed by atoms with Crippen LogP contribution in [-0.2, 0) is 4.74 Å². The third-order valence-corrected chi connectivity index (χ3v) is 1.76. The predicted octanol–water partition coefficient (Wildman–Crippen LogP) is 1.34. The number of benzene rings is 1. The van der Waals surface area contributed by atoms with Crippen molar-refractivity contribution in [2.24, 2.45) is 0 Å². The standard InChI is InChI=1S/C10H13NO4/c1-2-14-6-15-9-5-7(10(12)13)3-4-8(9)11/h3-5H,2,6,11H2,1H3,(H,12,13). The van der Waals surface area contributed by atoms with E-state index in [1.165, 1.54) is 18.2 Å². The number of hydrogen-bond acceptors (Lipinski definition) is 4. The highest BCUT2D eigenvalue weighted by Gasteiger charge is 2.07. The van der Waals surface area contributed by atoms with Crippen molar-refractivity contribution in [3.63, 3.8) is 0 Å². The highest BCUT2D eigenvalue weighted by Crippen LogP contribution is 2.22. The summed E-state index contributed by atoms with van der Waals surface area (Å²) in [4.78, 5) is 10.7. The molecule has 0 aliphatic carbocycles. The van der Waals surface area contributed by atoms with Gasteiger partial charge in [-0.25, -0.2) is 4.79 Å². The van der Waals surface area contributed by atoms with E-state index in [0.717, 1.165) is 0 Å². The highest BCUT2D eigenvalue weighted by molar-refractivity contribution is 5.88. The second-order valence-electron chi connectivity index (χ2n) is 2.81. The van der Waals surface area contributed by atoms with Gasteiger partial charge in [-0.2, -0.15) is 0 Å². The molecule has 0 aromatic heterocycles. The molecule has 0 aliphatic heterocycles. The van der Waals surface area contributed by atoms with Gasteiger partial charge in [-0.15, -0.1) is 0 Å². The number of ether oxygens (including phenoxy) is 2. The van der Waals surface area contributed by atoms with Crippen molar-refractivity contribution in [2.75, 3.05) is 19.1 Å². The van der Waals surface area contributed by atoms with Crippen molar-refractivity contribution in [2.45, 2.75) is 6.92 Å². The summed E-state index contributed by atoms with van der Waals surface area (Å²) in [5, 5.41) is 8.74. The lowest BCUT2D eigenvalue weighted by molar-refractivity contribution is 0.0227. The SMILES string of the molecule is CCOCOc1cc(C(=O)O)ccc1N. The average Bonchev–Trinajstić information content (AvgIpc) is 2.20. The van der Waals surface area contributed by atoms with Crippen LogP contribution in [0.5, 0.6) is 5.75 Å². The van der Waals surface area contributed by atoms with Gasteiger partial charge < -0.3 is 20.3 Å². The molecule has 0 spiro atoms. The molecule has 0 fully saturated rings. The molecule has 0 heterocycles. The maximum Gasteiger partial charge on any atom is 0.335 e. The van der Waals surface area contributed by atoms with Crippen molar-refractivity contribution in [1.82, 2.24) is 0 Å². The van der Waals surface area contributed by atoms with E-state index < -0.39 is 5.97 Å². The summed E-state index contributed by atoms with van der Waals surface area (Å²) >= 11 is 0. The Bertz CT molecular complexity index is 351. The first-order valence-corrected chi connectivity index (χ1v) is 4.48. The summed E-state index contributed by atoms with van der Waals surface area (Å²) in [6.45, 7) is 2.42. The molecule has 1 rings (SSSR count). The quantitative estimate of drug-likeness (QED) is 0.436. The van der Waals surface area contributed by atoms with Gasteiger partial charge in [0.2, 0.25) is 0 Å². The molecular weight excluding hydrogens is 198 g/mol. The van der Waals surface area contributed by atoms with E-state index in [1.807, 2.05) is 6.92 Å². The van der Waals surface area contributed by atoms with Gasteiger partial charge in [0, 0.05) is 6.61 Å². The number of aromatic carboxylic acids is 1. The predicted molar refractivity (Wildman–Crippen MR) is 54.9 cm³/mol. The zero-order valence-corrected chi connectivity index (χ0v) is 8.40. The van der Waals surface area contributed by atoms with E-state index in [9.17, 15) is 4.79 Å². The Balaban J connectivity index is 2.76. The minimum absolute atomic E-state index is 0.0593. The summed E-state index contributed by atoms with van der Waals surface area (Å²) in [6, 6.07) is 4.28. The van der Waals surface area contributed by atoms with Gasteiger partial charge in [-0.05, 0) is 25.1 Å². The van der Waals surface area contributed by atoms with E-state index in [1.54, 1.807) is 0 Å². The second-order valence-corrected chi connectivity index (χ2v) is 2.81. The number of carboxylic acid groups (broad SMARTS) is 1. The van der Waals surface area contributed by atoms with Gasteiger partial charge in [0.15, 0.2) is 6.79 Å². The van der Waals surface area contributed by atoms with Crippen LogP contribution in [0.4, 0.5) is 5.69 Å². The molecule has 15 heavy (non-hydrogen) atoms. The lowest BCUT2D eigenvalue weighted by Crippen LogP contribution is -2.05. The number of nitrogens with two attached hydrogens (primary N) is 1. The molecule has 5 heteroatoms. The van der Waals surface area contributed by atoms with Crippen molar-refractivity contribution in [3.05, 3.63) is 23.8 Å². The average molecular weight is 211 g/mol. The smallest absolute Gasteiger partial charge is 0.335 e. The number of carboxylic acids is 1. The van der Waals surface area contributed by atoms with E-state index in [-0.39, 0.29) is 12.4 Å². The number of hydrogen-bond donors (Lipinski definition) is 2. The second kappa shape index (κ2) is 5.21. The fourth-order valence-corrected chi connectivity index (χ4v) is 0.981. The van der Waals surface area contributed by atoms with Crippen molar-refractivity contribution in [3.8, 4) is 5.75 Å². The van der Waals surface area contributed by atoms with Crippen molar-refractivity contribution < 1.29 is 19.4 Å². The summed E-state index contributed by atoms with van der Waals surface area (Å²) in [5.74, 6) is -0.695. The van der Waals surface area contributed by atoms with Crippen LogP contribution in [0.2, 0.25) is 0 Å². The number of anilines is 1. The highest BCUT2D eigenvalue weighted by atomic mass is 16.7. The van der Waals surface area contributed by atoms with Gasteiger partial charge in [0.05, 0.1) is 11.3 Å². The molecule has 0 atom stereocenters. The largest absolute Gasteiger partial charge is 0.478 e. The number of rotatable bonds is 5. The number of nitrogen functional groups attached to an aromatic ring is 1. The number of carbonyl (C=O) groups is 1. The normalized spacial score (nSPS) is 9.93. The molecular formula is C10H13NO4. The van der Waals surface area contributed by atoms with Gasteiger partial charge in [0.25, 0.3) is 0 Å². The van der Waals surface area contributed by atoms with Crippen LogP contribution in [0, 0.1) is 0 Å². The van der Waals surface area contributed by atoms with Crippen LogP contribution in [0.3, 0.4) is 0 Å². The van der Waals surface area contributed by atoms with E-state index in [4.69, 9.17) is 20.3 Å². The first-order chi connectivity index (χ1) is 7.15. The van der Waals surface area contributed by atoms with Crippen LogP contribution in [0.15, 0.2) is 18.2 Å². The Morgan fingerprint density at radius 2 is 2.27 bits per heavy atom. The zero-order chi connectivity index (χ0) is 11.3. The first kappa shape index (κ1) is 11.3. The fraction of sp³-hybridized carbons (Fsp3) is 0.300. The summed E-state index contributed by atoms with van der Waals surface area (Å²) in [6.07, 6.45) is 0. The van der Waals surface area contributed by atoms with Gasteiger partial charge in [-0.3, -0.25) is 0 Å². The van der Waals surface area contributed by atoms with E-state index in [2.05, 4.69) is 0 Å². The van der Waals surface area contributed by atoms with E-state index in [0.29, 0.717) is 18.0 Å². The molecule has 0 bridgehead atoms. The third-order valence-electron chi connectivity index (χ3n) is 1.76. The van der Waals surface area contributed by atoms with Gasteiger partial charge >= 0.3 is 5.97 Å². The monoisotopic (exact) mass is 211 g/mol. The third kappa shape index (κ3) is 3.14. The molecule has 0 saturated heterocycles. The lowest BCUT2D eigenvalue weighted by Gasteiger charge is -2.08. The molecule has 3 N–H and O–H groups in total. The summed E-state index contributed by atoms with van der Waals surface area (Å²) in [7, 11) is 0. The minimum atomic E-state index is -1.02. The van der Waals surface area contributed by atoms with Crippen molar-refractivity contribution >= 4 is 11.7 Å². The lowest BCUT2D eigenvalue weighted by atomic mass is 10.2. The maximum atomic E-state index is 10.7. The van der Waals surface area contributed by atoms with E-state index >= 15 is 0 Å². The van der Waals surface area contributed by atoms with Crippen LogP contribution in [-0.4, -0.2) is 24.5 Å². The van der Waals surface area contributed by atoms with Crippen LogP contribution in [0.1, 0.15) is 17.3 Å². The molecule has 82 valence electrons. The van der Waals surface area contributed by atoms with Crippen LogP contribution in [0.25, 0.3) is 0 Å².